The van der Waals surface area contributed by atoms with E-state index in [2.05, 4.69) is 10.6 Å². The maximum atomic E-state index is 11.7. The average molecular weight is 287 g/mol. The summed E-state index contributed by atoms with van der Waals surface area (Å²) in [6.07, 6.45) is 0.193. The molecule has 20 heavy (non-hydrogen) atoms. The molecule has 0 saturated carbocycles. The van der Waals surface area contributed by atoms with Crippen molar-refractivity contribution in [3.8, 4) is 0 Å². The van der Waals surface area contributed by atoms with Gasteiger partial charge in [0.1, 0.15) is 0 Å². The van der Waals surface area contributed by atoms with Crippen molar-refractivity contribution in [3.63, 3.8) is 0 Å². The summed E-state index contributed by atoms with van der Waals surface area (Å²) >= 11 is 0. The van der Waals surface area contributed by atoms with Crippen molar-refractivity contribution in [1.82, 2.24) is 15.5 Å². The molecule has 0 aliphatic carbocycles. The standard InChI is InChI=1S/C13H25N3O4/c1-13(2,16(3)4)8-15-12(19)14-7-9-5-6-10(20-9)11(17)18/h9-10H,5-8H2,1-4H3,(H,17,18)(H2,14,15,19). The van der Waals surface area contributed by atoms with E-state index in [4.69, 9.17) is 9.84 Å². The Morgan fingerprint density at radius 1 is 1.30 bits per heavy atom. The molecule has 0 aromatic carbocycles. The van der Waals surface area contributed by atoms with Gasteiger partial charge in [-0.3, -0.25) is 0 Å². The van der Waals surface area contributed by atoms with Crippen molar-refractivity contribution in [2.75, 3.05) is 27.2 Å². The number of nitrogens with zero attached hydrogens (tertiary/aromatic N) is 1. The van der Waals surface area contributed by atoms with Crippen molar-refractivity contribution >= 4 is 12.0 Å². The number of carboxylic acids is 1. The molecule has 7 heteroatoms. The highest BCUT2D eigenvalue weighted by molar-refractivity contribution is 5.74. The van der Waals surface area contributed by atoms with E-state index in [1.165, 1.54) is 0 Å². The molecule has 1 heterocycles. The quantitative estimate of drug-likeness (QED) is 0.652. The summed E-state index contributed by atoms with van der Waals surface area (Å²) in [6.45, 7) is 4.92. The van der Waals surface area contributed by atoms with E-state index in [0.717, 1.165) is 0 Å². The molecular formula is C13H25N3O4. The van der Waals surface area contributed by atoms with Gasteiger partial charge in [-0.2, -0.15) is 0 Å². The van der Waals surface area contributed by atoms with Crippen LogP contribution in [0, 0.1) is 0 Å². The smallest absolute Gasteiger partial charge is 0.332 e. The predicted octanol–water partition coefficient (Wildman–Crippen LogP) is 0.258. The summed E-state index contributed by atoms with van der Waals surface area (Å²) in [7, 11) is 3.91. The third kappa shape index (κ3) is 4.97. The fraction of sp³-hybridized carbons (Fsp3) is 0.846. The fourth-order valence-corrected chi connectivity index (χ4v) is 1.76. The lowest BCUT2D eigenvalue weighted by Crippen LogP contribution is -2.51. The van der Waals surface area contributed by atoms with Gasteiger partial charge in [-0.1, -0.05) is 0 Å². The van der Waals surface area contributed by atoms with Gasteiger partial charge in [0.15, 0.2) is 6.10 Å². The van der Waals surface area contributed by atoms with Gasteiger partial charge in [-0.25, -0.2) is 9.59 Å². The zero-order chi connectivity index (χ0) is 15.3. The summed E-state index contributed by atoms with van der Waals surface area (Å²) in [5.41, 5.74) is -0.129. The minimum absolute atomic E-state index is 0.129. The highest BCUT2D eigenvalue weighted by atomic mass is 16.5. The van der Waals surface area contributed by atoms with E-state index in [1.54, 1.807) is 0 Å². The molecule has 1 aliphatic rings. The van der Waals surface area contributed by atoms with E-state index < -0.39 is 12.1 Å². The van der Waals surface area contributed by atoms with Crippen LogP contribution in [0.4, 0.5) is 4.79 Å². The SMILES string of the molecule is CN(C)C(C)(C)CNC(=O)NCC1CCC(C(=O)O)O1. The second kappa shape index (κ2) is 6.90. The number of carbonyl (C=O) groups is 2. The van der Waals surface area contributed by atoms with Crippen LogP contribution in [0.3, 0.4) is 0 Å². The Balaban J connectivity index is 2.23. The van der Waals surface area contributed by atoms with Crippen molar-refractivity contribution in [2.24, 2.45) is 0 Å². The Bertz CT molecular complexity index is 358. The summed E-state index contributed by atoms with van der Waals surface area (Å²) in [5.74, 6) is -0.940. The average Bonchev–Trinajstić information content (AvgIpc) is 2.82. The van der Waals surface area contributed by atoms with Gasteiger partial charge >= 0.3 is 12.0 Å². The lowest BCUT2D eigenvalue weighted by atomic mass is 10.1. The zero-order valence-electron chi connectivity index (χ0n) is 12.6. The summed E-state index contributed by atoms with van der Waals surface area (Å²) in [4.78, 5) is 24.4. The first-order chi connectivity index (χ1) is 9.22. The van der Waals surface area contributed by atoms with Crippen LogP contribution >= 0.6 is 0 Å². The lowest BCUT2D eigenvalue weighted by molar-refractivity contribution is -0.149. The lowest BCUT2D eigenvalue weighted by Gasteiger charge is -2.32. The summed E-state index contributed by atoms with van der Waals surface area (Å²) in [5, 5.41) is 14.3. The van der Waals surface area contributed by atoms with Gasteiger partial charge in [0.25, 0.3) is 0 Å². The number of hydrogen-bond acceptors (Lipinski definition) is 4. The van der Waals surface area contributed by atoms with E-state index >= 15 is 0 Å². The van der Waals surface area contributed by atoms with E-state index in [9.17, 15) is 9.59 Å². The second-order valence-corrected chi connectivity index (χ2v) is 5.93. The molecule has 2 amide bonds. The van der Waals surface area contributed by atoms with Crippen molar-refractivity contribution in [1.29, 1.82) is 0 Å². The molecule has 116 valence electrons. The van der Waals surface area contributed by atoms with Crippen LogP contribution in [0.25, 0.3) is 0 Å². The van der Waals surface area contributed by atoms with Crippen LogP contribution in [0.1, 0.15) is 26.7 Å². The number of urea groups is 1. The van der Waals surface area contributed by atoms with Crippen molar-refractivity contribution in [2.45, 2.75) is 44.4 Å². The predicted molar refractivity (Wildman–Crippen MR) is 74.7 cm³/mol. The van der Waals surface area contributed by atoms with Gasteiger partial charge in [-0.05, 0) is 40.8 Å². The molecule has 2 atom stereocenters. The van der Waals surface area contributed by atoms with Crippen LogP contribution in [-0.4, -0.2) is 66.9 Å². The van der Waals surface area contributed by atoms with Crippen LogP contribution < -0.4 is 10.6 Å². The Kier molecular flexibility index (Phi) is 5.76. The van der Waals surface area contributed by atoms with Gasteiger partial charge in [0.2, 0.25) is 0 Å². The molecule has 1 aliphatic heterocycles. The summed E-state index contributed by atoms with van der Waals surface area (Å²) < 4.78 is 5.31. The van der Waals surface area contributed by atoms with Crippen LogP contribution in [0.15, 0.2) is 0 Å². The molecular weight excluding hydrogens is 262 g/mol. The molecule has 1 saturated heterocycles. The molecule has 0 aromatic rings. The Labute approximate surface area is 119 Å². The topological polar surface area (TPSA) is 90.9 Å². The molecule has 0 spiro atoms. The molecule has 1 fully saturated rings. The highest BCUT2D eigenvalue weighted by Gasteiger charge is 2.30. The van der Waals surface area contributed by atoms with Gasteiger partial charge in [0, 0.05) is 18.6 Å². The monoisotopic (exact) mass is 287 g/mol. The second-order valence-electron chi connectivity index (χ2n) is 5.93. The number of carboxylic acid groups (broad SMARTS) is 1. The number of hydrogen-bond donors (Lipinski definition) is 3. The number of ether oxygens (including phenoxy) is 1. The molecule has 3 N–H and O–H groups in total. The van der Waals surface area contributed by atoms with Gasteiger partial charge in [-0.15, -0.1) is 0 Å². The maximum absolute atomic E-state index is 11.7. The number of amides is 2. The Hall–Kier alpha value is -1.34. The molecule has 2 unspecified atom stereocenters. The van der Waals surface area contributed by atoms with Crippen LogP contribution in [-0.2, 0) is 9.53 Å². The van der Waals surface area contributed by atoms with Crippen molar-refractivity contribution < 1.29 is 19.4 Å². The number of nitrogens with one attached hydrogen (secondary N) is 2. The minimum Gasteiger partial charge on any atom is -0.479 e. The van der Waals surface area contributed by atoms with E-state index in [-0.39, 0.29) is 17.7 Å². The first-order valence-corrected chi connectivity index (χ1v) is 6.80. The van der Waals surface area contributed by atoms with Gasteiger partial charge < -0.3 is 25.4 Å². The van der Waals surface area contributed by atoms with E-state index in [0.29, 0.717) is 25.9 Å². The number of aliphatic carboxylic acids is 1. The Morgan fingerprint density at radius 3 is 2.45 bits per heavy atom. The van der Waals surface area contributed by atoms with Crippen LogP contribution in [0.5, 0.6) is 0 Å². The zero-order valence-corrected chi connectivity index (χ0v) is 12.6. The minimum atomic E-state index is -0.940. The largest absolute Gasteiger partial charge is 0.479 e. The first kappa shape index (κ1) is 16.7. The fourth-order valence-electron chi connectivity index (χ4n) is 1.76. The van der Waals surface area contributed by atoms with Gasteiger partial charge in [0.05, 0.1) is 6.10 Å². The van der Waals surface area contributed by atoms with Crippen LogP contribution in [0.2, 0.25) is 0 Å². The number of carbonyl (C=O) groups excluding carboxylic acids is 1. The van der Waals surface area contributed by atoms with E-state index in [1.807, 2.05) is 32.8 Å². The normalized spacial score (nSPS) is 22.9. The molecule has 0 bridgehead atoms. The molecule has 7 nitrogen and oxygen atoms in total. The van der Waals surface area contributed by atoms with Crippen molar-refractivity contribution in [3.05, 3.63) is 0 Å². The maximum Gasteiger partial charge on any atom is 0.332 e. The third-order valence-electron chi connectivity index (χ3n) is 3.77. The molecule has 1 rings (SSSR count). The molecule has 0 aromatic heterocycles. The number of likely N-dealkylation sites (N-methyl/N-ethyl adjacent to an activating group) is 1. The molecule has 0 radical (unpaired) electrons. The number of rotatable bonds is 6. The first-order valence-electron chi connectivity index (χ1n) is 6.80. The summed E-state index contributed by atoms with van der Waals surface area (Å²) in [6, 6.07) is -0.262. The Morgan fingerprint density at radius 2 is 1.95 bits per heavy atom. The third-order valence-corrected chi connectivity index (χ3v) is 3.77. The highest BCUT2D eigenvalue weighted by Crippen LogP contribution is 2.19.